The Morgan fingerprint density at radius 1 is 1.32 bits per heavy atom. The molecule has 19 heavy (non-hydrogen) atoms. The number of ketones is 1. The van der Waals surface area contributed by atoms with E-state index in [9.17, 15) is 9.90 Å². The SMILES string of the molecule is COc1ccc(C(=O)/C=C\c2ccccn2)c(O)c1. The molecule has 0 aliphatic carbocycles. The molecule has 0 aliphatic heterocycles. The molecule has 0 saturated carbocycles. The van der Waals surface area contributed by atoms with Crippen molar-refractivity contribution in [2.75, 3.05) is 7.11 Å². The monoisotopic (exact) mass is 255 g/mol. The lowest BCUT2D eigenvalue weighted by Crippen LogP contribution is -1.95. The molecule has 0 unspecified atom stereocenters. The molecular formula is C15H13NO3. The summed E-state index contributed by atoms with van der Waals surface area (Å²) in [6.45, 7) is 0. The minimum absolute atomic E-state index is 0.102. The van der Waals surface area contributed by atoms with E-state index in [2.05, 4.69) is 4.98 Å². The number of hydrogen-bond donors (Lipinski definition) is 1. The van der Waals surface area contributed by atoms with Crippen molar-refractivity contribution in [2.24, 2.45) is 0 Å². The van der Waals surface area contributed by atoms with Gasteiger partial charge in [-0.15, -0.1) is 0 Å². The lowest BCUT2D eigenvalue weighted by atomic mass is 10.1. The molecule has 0 radical (unpaired) electrons. The number of allylic oxidation sites excluding steroid dienone is 1. The van der Waals surface area contributed by atoms with Gasteiger partial charge < -0.3 is 9.84 Å². The molecule has 0 spiro atoms. The predicted molar refractivity (Wildman–Crippen MR) is 72.3 cm³/mol. The topological polar surface area (TPSA) is 59.4 Å². The molecule has 96 valence electrons. The molecule has 0 aliphatic rings. The Kier molecular flexibility index (Phi) is 3.93. The van der Waals surface area contributed by atoms with Crippen molar-refractivity contribution in [2.45, 2.75) is 0 Å². The van der Waals surface area contributed by atoms with Gasteiger partial charge in [0.2, 0.25) is 0 Å². The molecule has 1 N–H and O–H groups in total. The molecule has 4 heteroatoms. The number of ether oxygens (including phenoxy) is 1. The average Bonchev–Trinajstić information content (AvgIpc) is 2.45. The summed E-state index contributed by atoms with van der Waals surface area (Å²) in [6.07, 6.45) is 4.63. The Bertz CT molecular complexity index is 606. The Balaban J connectivity index is 2.19. The number of pyridine rings is 1. The highest BCUT2D eigenvalue weighted by Crippen LogP contribution is 2.24. The van der Waals surface area contributed by atoms with Crippen molar-refractivity contribution in [3.63, 3.8) is 0 Å². The zero-order chi connectivity index (χ0) is 13.7. The van der Waals surface area contributed by atoms with E-state index in [-0.39, 0.29) is 17.1 Å². The van der Waals surface area contributed by atoms with Crippen LogP contribution in [0.4, 0.5) is 0 Å². The van der Waals surface area contributed by atoms with Gasteiger partial charge >= 0.3 is 0 Å². The molecule has 0 bridgehead atoms. The fourth-order valence-corrected chi connectivity index (χ4v) is 1.57. The molecule has 0 atom stereocenters. The van der Waals surface area contributed by atoms with Crippen molar-refractivity contribution >= 4 is 11.9 Å². The van der Waals surface area contributed by atoms with Crippen LogP contribution in [0.5, 0.6) is 11.5 Å². The van der Waals surface area contributed by atoms with Crippen molar-refractivity contribution in [3.8, 4) is 11.5 Å². The van der Waals surface area contributed by atoms with E-state index in [1.807, 2.05) is 6.07 Å². The first-order chi connectivity index (χ1) is 9.20. The lowest BCUT2D eigenvalue weighted by molar-refractivity contribution is 0.104. The molecule has 0 amide bonds. The van der Waals surface area contributed by atoms with E-state index in [4.69, 9.17) is 4.74 Å². The zero-order valence-corrected chi connectivity index (χ0v) is 10.4. The van der Waals surface area contributed by atoms with Crippen molar-refractivity contribution in [3.05, 3.63) is 59.9 Å². The summed E-state index contributed by atoms with van der Waals surface area (Å²) in [5, 5.41) is 9.74. The maximum Gasteiger partial charge on any atom is 0.189 e. The van der Waals surface area contributed by atoms with Crippen LogP contribution in [0.15, 0.2) is 48.7 Å². The highest BCUT2D eigenvalue weighted by atomic mass is 16.5. The van der Waals surface area contributed by atoms with Crippen molar-refractivity contribution in [1.82, 2.24) is 4.98 Å². The molecule has 0 saturated heterocycles. The minimum atomic E-state index is -0.286. The first kappa shape index (κ1) is 12.8. The predicted octanol–water partition coefficient (Wildman–Crippen LogP) is 2.69. The number of rotatable bonds is 4. The summed E-state index contributed by atoms with van der Waals surface area (Å²) in [5.41, 5.74) is 0.914. The standard InChI is InChI=1S/C15H13NO3/c1-19-12-6-7-13(15(18)10-12)14(17)8-5-11-4-2-3-9-16-11/h2-10,18H,1H3/b8-5-. The van der Waals surface area contributed by atoms with Crippen LogP contribution in [0, 0.1) is 0 Å². The highest BCUT2D eigenvalue weighted by molar-refractivity contribution is 6.08. The number of phenolic OH excluding ortho intramolecular Hbond substituents is 1. The summed E-state index contributed by atoms with van der Waals surface area (Å²) in [6, 6.07) is 9.98. The minimum Gasteiger partial charge on any atom is -0.507 e. The third kappa shape index (κ3) is 3.19. The Morgan fingerprint density at radius 2 is 2.16 bits per heavy atom. The van der Waals surface area contributed by atoms with E-state index in [1.54, 1.807) is 30.5 Å². The van der Waals surface area contributed by atoms with Gasteiger partial charge in [0, 0.05) is 12.3 Å². The second-order valence-electron chi connectivity index (χ2n) is 3.84. The third-order valence-electron chi connectivity index (χ3n) is 2.56. The number of methoxy groups -OCH3 is 1. The summed E-state index contributed by atoms with van der Waals surface area (Å²) < 4.78 is 4.96. The molecule has 1 aromatic carbocycles. The Morgan fingerprint density at radius 3 is 2.79 bits per heavy atom. The highest BCUT2D eigenvalue weighted by Gasteiger charge is 2.09. The van der Waals surface area contributed by atoms with E-state index < -0.39 is 0 Å². The maximum atomic E-state index is 11.9. The number of nitrogens with zero attached hydrogens (tertiary/aromatic N) is 1. The second-order valence-corrected chi connectivity index (χ2v) is 3.84. The fraction of sp³-hybridized carbons (Fsp3) is 0.0667. The molecule has 4 nitrogen and oxygen atoms in total. The summed E-state index contributed by atoms with van der Waals surface area (Å²) in [7, 11) is 1.50. The quantitative estimate of drug-likeness (QED) is 0.674. The van der Waals surface area contributed by atoms with Crippen LogP contribution in [0.3, 0.4) is 0 Å². The number of phenols is 1. The number of aromatic hydroxyl groups is 1. The number of aromatic nitrogens is 1. The van der Waals surface area contributed by atoms with Gasteiger partial charge in [0.25, 0.3) is 0 Å². The van der Waals surface area contributed by atoms with E-state index >= 15 is 0 Å². The Labute approximate surface area is 111 Å². The van der Waals surface area contributed by atoms with E-state index in [0.717, 1.165) is 0 Å². The fourth-order valence-electron chi connectivity index (χ4n) is 1.57. The smallest absolute Gasteiger partial charge is 0.189 e. The van der Waals surface area contributed by atoms with Gasteiger partial charge in [-0.05, 0) is 36.4 Å². The number of carbonyl (C=O) groups is 1. The normalized spacial score (nSPS) is 10.6. The number of benzene rings is 1. The van der Waals surface area contributed by atoms with Gasteiger partial charge in [-0.3, -0.25) is 9.78 Å². The van der Waals surface area contributed by atoms with Gasteiger partial charge in [-0.2, -0.15) is 0 Å². The molecule has 0 fully saturated rings. The van der Waals surface area contributed by atoms with Crippen LogP contribution in [0.25, 0.3) is 6.08 Å². The third-order valence-corrected chi connectivity index (χ3v) is 2.56. The summed E-state index contributed by atoms with van der Waals surface area (Å²) in [4.78, 5) is 16.0. The molecule has 1 heterocycles. The van der Waals surface area contributed by atoms with Gasteiger partial charge in [0.15, 0.2) is 5.78 Å². The first-order valence-corrected chi connectivity index (χ1v) is 5.71. The summed E-state index contributed by atoms with van der Waals surface area (Å²) >= 11 is 0. The first-order valence-electron chi connectivity index (χ1n) is 5.71. The number of hydrogen-bond acceptors (Lipinski definition) is 4. The van der Waals surface area contributed by atoms with Crippen molar-refractivity contribution in [1.29, 1.82) is 0 Å². The van der Waals surface area contributed by atoms with Crippen LogP contribution in [-0.2, 0) is 0 Å². The van der Waals surface area contributed by atoms with Crippen LogP contribution in [0.2, 0.25) is 0 Å². The maximum absolute atomic E-state index is 11.9. The molecular weight excluding hydrogens is 242 g/mol. The summed E-state index contributed by atoms with van der Waals surface area (Å²) in [5.74, 6) is 0.114. The largest absolute Gasteiger partial charge is 0.507 e. The van der Waals surface area contributed by atoms with Gasteiger partial charge in [0.05, 0.1) is 18.4 Å². The van der Waals surface area contributed by atoms with E-state index in [0.29, 0.717) is 11.4 Å². The Hall–Kier alpha value is -2.62. The van der Waals surface area contributed by atoms with Crippen LogP contribution < -0.4 is 4.74 Å². The van der Waals surface area contributed by atoms with Crippen molar-refractivity contribution < 1.29 is 14.6 Å². The average molecular weight is 255 g/mol. The second kappa shape index (κ2) is 5.82. The lowest BCUT2D eigenvalue weighted by Gasteiger charge is -2.03. The van der Waals surface area contributed by atoms with Crippen LogP contribution in [0.1, 0.15) is 16.1 Å². The van der Waals surface area contributed by atoms with Crippen LogP contribution in [-0.4, -0.2) is 23.0 Å². The number of carbonyl (C=O) groups excluding carboxylic acids is 1. The molecule has 2 rings (SSSR count). The van der Waals surface area contributed by atoms with Gasteiger partial charge in [-0.1, -0.05) is 6.07 Å². The van der Waals surface area contributed by atoms with E-state index in [1.165, 1.54) is 25.3 Å². The molecule has 2 aromatic rings. The molecule has 1 aromatic heterocycles. The van der Waals surface area contributed by atoms with Crippen LogP contribution >= 0.6 is 0 Å². The zero-order valence-electron chi connectivity index (χ0n) is 10.4. The van der Waals surface area contributed by atoms with Gasteiger partial charge in [-0.25, -0.2) is 0 Å². The van der Waals surface area contributed by atoms with Gasteiger partial charge in [0.1, 0.15) is 11.5 Å².